The lowest BCUT2D eigenvalue weighted by atomic mass is 9.85. The molecule has 1 aliphatic carbocycles. The summed E-state index contributed by atoms with van der Waals surface area (Å²) >= 11 is 12.6. The summed E-state index contributed by atoms with van der Waals surface area (Å²) in [4.78, 5) is 13.0. The normalized spacial score (nSPS) is 16.0. The fourth-order valence-corrected chi connectivity index (χ4v) is 4.08. The highest BCUT2D eigenvalue weighted by Crippen LogP contribution is 2.40. The zero-order valence-corrected chi connectivity index (χ0v) is 16.0. The summed E-state index contributed by atoms with van der Waals surface area (Å²) in [5, 5.41) is 1.02. The Labute approximate surface area is 159 Å². The summed E-state index contributed by atoms with van der Waals surface area (Å²) in [6, 6.07) is 11.6. The van der Waals surface area contributed by atoms with E-state index in [1.165, 1.54) is 12.8 Å². The van der Waals surface area contributed by atoms with Crippen LogP contribution in [0.3, 0.4) is 0 Å². The van der Waals surface area contributed by atoms with Gasteiger partial charge in [-0.05, 0) is 55.4 Å². The molecule has 0 saturated heterocycles. The van der Waals surface area contributed by atoms with E-state index in [1.807, 2.05) is 44.2 Å². The molecule has 0 heterocycles. The number of benzene rings is 2. The van der Waals surface area contributed by atoms with E-state index in [2.05, 4.69) is 0 Å². The Balaban J connectivity index is 1.91. The number of halogens is 2. The fraction of sp³-hybridized carbons (Fsp3) is 0.381. The molecule has 132 valence electrons. The van der Waals surface area contributed by atoms with Gasteiger partial charge in [0, 0.05) is 5.02 Å². The second kappa shape index (κ2) is 7.80. The Bertz CT molecular complexity index is 765. The number of ether oxygens (including phenoxy) is 1. The van der Waals surface area contributed by atoms with E-state index in [1.54, 1.807) is 6.07 Å². The van der Waals surface area contributed by atoms with Crippen molar-refractivity contribution in [2.75, 3.05) is 0 Å². The average Bonchev–Trinajstić information content (AvgIpc) is 3.13. The lowest BCUT2D eigenvalue weighted by Gasteiger charge is -2.23. The third-order valence-corrected chi connectivity index (χ3v) is 6.11. The number of esters is 1. The number of carbonyl (C=O) groups is 1. The maximum absolute atomic E-state index is 13.0. The molecule has 2 aromatic carbocycles. The second-order valence-electron chi connectivity index (χ2n) is 6.80. The molecular weight excluding hydrogens is 355 g/mol. The van der Waals surface area contributed by atoms with Gasteiger partial charge in [0.05, 0.1) is 10.9 Å². The number of hydrogen-bond acceptors (Lipinski definition) is 2. The van der Waals surface area contributed by atoms with E-state index in [0.717, 1.165) is 29.5 Å². The van der Waals surface area contributed by atoms with Crippen LogP contribution in [0.1, 0.15) is 48.3 Å². The number of rotatable bonds is 4. The van der Waals surface area contributed by atoms with E-state index in [4.69, 9.17) is 27.9 Å². The molecule has 0 N–H and O–H groups in total. The third-order valence-electron chi connectivity index (χ3n) is 5.06. The molecule has 2 aromatic rings. The first-order valence-electron chi connectivity index (χ1n) is 8.71. The molecule has 0 radical (unpaired) electrons. The van der Waals surface area contributed by atoms with Crippen molar-refractivity contribution >= 4 is 29.2 Å². The van der Waals surface area contributed by atoms with Crippen LogP contribution in [0, 0.1) is 19.8 Å². The van der Waals surface area contributed by atoms with Crippen LogP contribution in [0.25, 0.3) is 0 Å². The molecule has 1 atom stereocenters. The summed E-state index contributed by atoms with van der Waals surface area (Å²) in [5.74, 6) is 0.227. The molecule has 0 aliphatic heterocycles. The summed E-state index contributed by atoms with van der Waals surface area (Å²) in [5.41, 5.74) is 2.60. The Morgan fingerprint density at radius 2 is 1.72 bits per heavy atom. The second-order valence-corrected chi connectivity index (χ2v) is 7.55. The molecule has 4 heteroatoms. The molecule has 0 amide bonds. The van der Waals surface area contributed by atoms with Crippen LogP contribution >= 0.6 is 23.2 Å². The van der Waals surface area contributed by atoms with Crippen molar-refractivity contribution < 1.29 is 9.53 Å². The Morgan fingerprint density at radius 1 is 1.08 bits per heavy atom. The summed E-state index contributed by atoms with van der Waals surface area (Å²) < 4.78 is 5.76. The highest BCUT2D eigenvalue weighted by atomic mass is 35.5. The van der Waals surface area contributed by atoms with Crippen molar-refractivity contribution in [2.24, 2.45) is 5.92 Å². The smallest absolute Gasteiger partial charge is 0.319 e. The zero-order valence-electron chi connectivity index (χ0n) is 14.5. The van der Waals surface area contributed by atoms with Crippen LogP contribution < -0.4 is 4.74 Å². The largest absolute Gasteiger partial charge is 0.424 e. The van der Waals surface area contributed by atoms with Gasteiger partial charge < -0.3 is 4.74 Å². The number of aryl methyl sites for hydroxylation is 1. The molecule has 0 bridgehead atoms. The maximum Gasteiger partial charge on any atom is 0.319 e. The van der Waals surface area contributed by atoms with Crippen LogP contribution in [-0.4, -0.2) is 5.97 Å². The van der Waals surface area contributed by atoms with Crippen LogP contribution in [-0.2, 0) is 4.79 Å². The van der Waals surface area contributed by atoms with Gasteiger partial charge in [0.25, 0.3) is 0 Å². The monoisotopic (exact) mass is 376 g/mol. The third kappa shape index (κ3) is 3.86. The van der Waals surface area contributed by atoms with Gasteiger partial charge >= 0.3 is 5.97 Å². The topological polar surface area (TPSA) is 26.3 Å². The standard InChI is InChI=1S/C21H22Cl2O2/c1-13-12-17(20(23)14(2)19(13)22)25-21(24)18(16-10-6-7-11-16)15-8-4-3-5-9-15/h3-5,8-9,12,16,18H,6-7,10-11H2,1-2H3. The predicted molar refractivity (Wildman–Crippen MR) is 103 cm³/mol. The van der Waals surface area contributed by atoms with Gasteiger partial charge in [0.1, 0.15) is 5.75 Å². The number of hydrogen-bond donors (Lipinski definition) is 0. The Morgan fingerprint density at radius 3 is 2.36 bits per heavy atom. The van der Waals surface area contributed by atoms with E-state index >= 15 is 0 Å². The molecule has 1 fully saturated rings. The van der Waals surface area contributed by atoms with Gasteiger partial charge in [-0.2, -0.15) is 0 Å². The van der Waals surface area contributed by atoms with E-state index in [0.29, 0.717) is 21.7 Å². The highest BCUT2D eigenvalue weighted by Gasteiger charge is 2.34. The van der Waals surface area contributed by atoms with Crippen molar-refractivity contribution in [3.8, 4) is 5.75 Å². The zero-order chi connectivity index (χ0) is 18.0. The molecular formula is C21H22Cl2O2. The minimum Gasteiger partial charge on any atom is -0.424 e. The van der Waals surface area contributed by atoms with E-state index < -0.39 is 0 Å². The van der Waals surface area contributed by atoms with Crippen LogP contribution in [0.5, 0.6) is 5.75 Å². The minimum atomic E-state index is -0.254. The quantitative estimate of drug-likeness (QED) is 0.450. The van der Waals surface area contributed by atoms with Crippen molar-refractivity contribution in [2.45, 2.75) is 45.4 Å². The molecule has 0 aromatic heterocycles. The molecule has 3 rings (SSSR count). The van der Waals surface area contributed by atoms with Gasteiger partial charge in [0.2, 0.25) is 0 Å². The van der Waals surface area contributed by atoms with Crippen molar-refractivity contribution in [3.63, 3.8) is 0 Å². The van der Waals surface area contributed by atoms with Gasteiger partial charge in [-0.1, -0.05) is 66.4 Å². The lowest BCUT2D eigenvalue weighted by molar-refractivity contribution is -0.137. The summed E-state index contributed by atoms with van der Waals surface area (Å²) in [6.07, 6.45) is 4.45. The Kier molecular flexibility index (Phi) is 5.71. The summed E-state index contributed by atoms with van der Waals surface area (Å²) in [7, 11) is 0. The molecule has 25 heavy (non-hydrogen) atoms. The average molecular weight is 377 g/mol. The maximum atomic E-state index is 13.0. The molecule has 1 unspecified atom stereocenters. The SMILES string of the molecule is Cc1cc(OC(=O)C(c2ccccc2)C2CCCC2)c(Cl)c(C)c1Cl. The molecule has 2 nitrogen and oxygen atoms in total. The van der Waals surface area contributed by atoms with Gasteiger partial charge in [0.15, 0.2) is 0 Å². The number of carbonyl (C=O) groups excluding carboxylic acids is 1. The van der Waals surface area contributed by atoms with Crippen molar-refractivity contribution in [3.05, 3.63) is 63.1 Å². The van der Waals surface area contributed by atoms with Crippen LogP contribution in [0.4, 0.5) is 0 Å². The van der Waals surface area contributed by atoms with Gasteiger partial charge in [-0.25, -0.2) is 0 Å². The van der Waals surface area contributed by atoms with E-state index in [-0.39, 0.29) is 11.9 Å². The first-order valence-corrected chi connectivity index (χ1v) is 9.46. The summed E-state index contributed by atoms with van der Waals surface area (Å²) in [6.45, 7) is 3.72. The first-order chi connectivity index (χ1) is 12.0. The first kappa shape index (κ1) is 18.3. The molecule has 1 aliphatic rings. The van der Waals surface area contributed by atoms with Crippen molar-refractivity contribution in [1.29, 1.82) is 0 Å². The van der Waals surface area contributed by atoms with Crippen LogP contribution in [0.2, 0.25) is 10.0 Å². The van der Waals surface area contributed by atoms with E-state index in [9.17, 15) is 4.79 Å². The van der Waals surface area contributed by atoms with Crippen molar-refractivity contribution in [1.82, 2.24) is 0 Å². The minimum absolute atomic E-state index is 0.235. The van der Waals surface area contributed by atoms with Gasteiger partial charge in [-0.3, -0.25) is 4.79 Å². The predicted octanol–water partition coefficient (Wildman–Crippen LogP) is 6.49. The molecule has 1 saturated carbocycles. The highest BCUT2D eigenvalue weighted by molar-refractivity contribution is 6.37. The molecule has 0 spiro atoms. The fourth-order valence-electron chi connectivity index (χ4n) is 3.70. The van der Waals surface area contributed by atoms with Gasteiger partial charge in [-0.15, -0.1) is 0 Å². The lowest BCUT2D eigenvalue weighted by Crippen LogP contribution is -2.25. The van der Waals surface area contributed by atoms with Crippen LogP contribution in [0.15, 0.2) is 36.4 Å². The Hall–Kier alpha value is -1.51.